The van der Waals surface area contributed by atoms with E-state index in [2.05, 4.69) is 24.4 Å². The third kappa shape index (κ3) is 4.04. The van der Waals surface area contributed by atoms with Gasteiger partial charge in [0.1, 0.15) is 5.75 Å². The number of hydrogen-bond acceptors (Lipinski definition) is 3. The summed E-state index contributed by atoms with van der Waals surface area (Å²) in [6.07, 6.45) is 11.0. The largest absolute Gasteiger partial charge is 0.478 e. The summed E-state index contributed by atoms with van der Waals surface area (Å²) in [5.41, 5.74) is 3.45. The van der Waals surface area contributed by atoms with E-state index in [1.165, 1.54) is 68.6 Å². The molecule has 6 rings (SSSR count). The fourth-order valence-electron chi connectivity index (χ4n) is 6.66. The number of rotatable bonds is 6. The van der Waals surface area contributed by atoms with Gasteiger partial charge in [-0.2, -0.15) is 0 Å². The highest BCUT2D eigenvalue weighted by molar-refractivity contribution is 6.00. The van der Waals surface area contributed by atoms with E-state index in [0.29, 0.717) is 11.1 Å². The fourth-order valence-corrected chi connectivity index (χ4v) is 6.66. The van der Waals surface area contributed by atoms with Gasteiger partial charge in [0, 0.05) is 11.8 Å². The highest BCUT2D eigenvalue weighted by Crippen LogP contribution is 2.60. The Labute approximate surface area is 188 Å². The number of carbonyl (C=O) groups is 2. The monoisotopic (exact) mass is 431 g/mol. The standard InChI is InChI=1S/C27H29NO4/c1-17-9-22(27-14-18-10-19(15-27)12-20(11-18)16-27)5-6-24(17)32-8-7-25(29)28-23-4-2-3-21(13-23)26(30)31/h2-9,13,18-20H,10-12,14-16H2,1H3,(H,28,29)(H,30,31). The molecule has 0 atom stereocenters. The molecule has 4 fully saturated rings. The van der Waals surface area contributed by atoms with Gasteiger partial charge in [-0.15, -0.1) is 0 Å². The summed E-state index contributed by atoms with van der Waals surface area (Å²) in [5, 5.41) is 11.7. The average molecular weight is 432 g/mol. The highest BCUT2D eigenvalue weighted by Gasteiger charge is 2.51. The van der Waals surface area contributed by atoms with Crippen molar-refractivity contribution in [3.8, 4) is 5.75 Å². The Morgan fingerprint density at radius 2 is 1.72 bits per heavy atom. The van der Waals surface area contributed by atoms with Gasteiger partial charge in [-0.25, -0.2) is 4.79 Å². The van der Waals surface area contributed by atoms with Crippen LogP contribution < -0.4 is 10.1 Å². The summed E-state index contributed by atoms with van der Waals surface area (Å²) < 4.78 is 5.75. The Kier molecular flexibility index (Phi) is 5.28. The van der Waals surface area contributed by atoms with Crippen molar-refractivity contribution in [2.75, 3.05) is 5.32 Å². The molecule has 0 spiro atoms. The van der Waals surface area contributed by atoms with Gasteiger partial charge in [0.2, 0.25) is 0 Å². The number of hydrogen-bond donors (Lipinski definition) is 2. The first-order chi connectivity index (χ1) is 15.4. The number of anilines is 1. The number of ether oxygens (including phenoxy) is 1. The molecule has 5 heteroatoms. The van der Waals surface area contributed by atoms with Crippen LogP contribution in [0.3, 0.4) is 0 Å². The number of carbonyl (C=O) groups excluding carboxylic acids is 1. The molecule has 0 aliphatic heterocycles. The maximum Gasteiger partial charge on any atom is 0.335 e. The molecule has 5 nitrogen and oxygen atoms in total. The van der Waals surface area contributed by atoms with Gasteiger partial charge in [-0.3, -0.25) is 4.79 Å². The molecule has 1 amide bonds. The van der Waals surface area contributed by atoms with Crippen LogP contribution in [0.5, 0.6) is 5.75 Å². The zero-order chi connectivity index (χ0) is 22.3. The van der Waals surface area contributed by atoms with E-state index in [1.807, 2.05) is 6.07 Å². The van der Waals surface area contributed by atoms with E-state index in [4.69, 9.17) is 9.84 Å². The minimum Gasteiger partial charge on any atom is -0.478 e. The number of carboxylic acid groups (broad SMARTS) is 1. The van der Waals surface area contributed by atoms with Gasteiger partial charge in [-0.05, 0) is 104 Å². The first-order valence-electron chi connectivity index (χ1n) is 11.5. The van der Waals surface area contributed by atoms with Crippen molar-refractivity contribution >= 4 is 17.6 Å². The molecule has 4 bridgehead atoms. The summed E-state index contributed by atoms with van der Waals surface area (Å²) in [6.45, 7) is 2.06. The molecular formula is C27H29NO4. The van der Waals surface area contributed by atoms with Crippen LogP contribution in [0.1, 0.15) is 60.0 Å². The van der Waals surface area contributed by atoms with Gasteiger partial charge in [0.15, 0.2) is 0 Å². The average Bonchev–Trinajstić information content (AvgIpc) is 2.74. The number of aromatic carboxylic acids is 1. The van der Waals surface area contributed by atoms with Crippen LogP contribution in [-0.2, 0) is 10.2 Å². The smallest absolute Gasteiger partial charge is 0.335 e. The molecule has 0 aromatic heterocycles. The Balaban J connectivity index is 1.23. The molecule has 2 aromatic carbocycles. The van der Waals surface area contributed by atoms with E-state index in [1.54, 1.807) is 12.1 Å². The van der Waals surface area contributed by atoms with Crippen LogP contribution in [0.2, 0.25) is 0 Å². The Hall–Kier alpha value is -3.08. The molecule has 2 aromatic rings. The van der Waals surface area contributed by atoms with E-state index < -0.39 is 5.97 Å². The van der Waals surface area contributed by atoms with Gasteiger partial charge in [0.25, 0.3) is 5.91 Å². The SMILES string of the molecule is Cc1cc(C23CC4CC(CC(C4)C2)C3)ccc1OC=CC(=O)Nc1cccc(C(=O)O)c1. The van der Waals surface area contributed by atoms with E-state index in [9.17, 15) is 9.59 Å². The van der Waals surface area contributed by atoms with Crippen molar-refractivity contribution < 1.29 is 19.4 Å². The second kappa shape index (κ2) is 8.12. The molecule has 0 saturated heterocycles. The van der Waals surface area contributed by atoms with Gasteiger partial charge in [-0.1, -0.05) is 18.2 Å². The Morgan fingerprint density at radius 1 is 1.03 bits per heavy atom. The predicted octanol–water partition coefficient (Wildman–Crippen LogP) is 5.69. The molecule has 0 radical (unpaired) electrons. The molecule has 0 unspecified atom stereocenters. The van der Waals surface area contributed by atoms with Crippen molar-refractivity contribution in [3.63, 3.8) is 0 Å². The number of aryl methyl sites for hydroxylation is 1. The lowest BCUT2D eigenvalue weighted by Gasteiger charge is -2.57. The summed E-state index contributed by atoms with van der Waals surface area (Å²) in [5.74, 6) is 2.07. The lowest BCUT2D eigenvalue weighted by Crippen LogP contribution is -2.48. The van der Waals surface area contributed by atoms with Crippen LogP contribution >= 0.6 is 0 Å². The van der Waals surface area contributed by atoms with Crippen molar-refractivity contribution in [1.29, 1.82) is 0 Å². The maximum atomic E-state index is 12.2. The van der Waals surface area contributed by atoms with Crippen molar-refractivity contribution in [1.82, 2.24) is 0 Å². The van der Waals surface area contributed by atoms with E-state index in [0.717, 1.165) is 29.1 Å². The third-order valence-electron chi connectivity index (χ3n) is 7.62. The quantitative estimate of drug-likeness (QED) is 0.455. The predicted molar refractivity (Wildman–Crippen MR) is 123 cm³/mol. The number of carboxylic acids is 1. The summed E-state index contributed by atoms with van der Waals surface area (Å²) in [7, 11) is 0. The van der Waals surface area contributed by atoms with E-state index >= 15 is 0 Å². The first-order valence-corrected chi connectivity index (χ1v) is 11.5. The van der Waals surface area contributed by atoms with Crippen LogP contribution in [-0.4, -0.2) is 17.0 Å². The zero-order valence-corrected chi connectivity index (χ0v) is 18.3. The second-order valence-electron chi connectivity index (χ2n) is 9.97. The zero-order valence-electron chi connectivity index (χ0n) is 18.3. The van der Waals surface area contributed by atoms with Crippen LogP contribution in [0.15, 0.2) is 54.8 Å². The maximum absolute atomic E-state index is 12.2. The molecule has 4 aliphatic carbocycles. The molecule has 2 N–H and O–H groups in total. The molecule has 166 valence electrons. The van der Waals surface area contributed by atoms with Crippen LogP contribution in [0.25, 0.3) is 0 Å². The van der Waals surface area contributed by atoms with Gasteiger partial charge < -0.3 is 15.2 Å². The molecule has 0 heterocycles. The minimum absolute atomic E-state index is 0.123. The highest BCUT2D eigenvalue weighted by atomic mass is 16.5. The number of amides is 1. The lowest BCUT2D eigenvalue weighted by molar-refractivity contribution is -0.112. The van der Waals surface area contributed by atoms with Gasteiger partial charge >= 0.3 is 5.97 Å². The molecule has 32 heavy (non-hydrogen) atoms. The molecular weight excluding hydrogens is 402 g/mol. The third-order valence-corrected chi connectivity index (χ3v) is 7.62. The van der Waals surface area contributed by atoms with Crippen LogP contribution in [0, 0.1) is 24.7 Å². The van der Waals surface area contributed by atoms with Crippen molar-refractivity contribution in [2.24, 2.45) is 17.8 Å². The summed E-state index contributed by atoms with van der Waals surface area (Å²) in [4.78, 5) is 23.2. The summed E-state index contributed by atoms with van der Waals surface area (Å²) >= 11 is 0. The Bertz CT molecular complexity index is 1050. The topological polar surface area (TPSA) is 75.6 Å². The molecule has 4 aliphatic rings. The summed E-state index contributed by atoms with van der Waals surface area (Å²) in [6, 6.07) is 12.7. The Morgan fingerprint density at radius 3 is 2.34 bits per heavy atom. The number of benzene rings is 2. The molecule has 4 saturated carbocycles. The minimum atomic E-state index is -1.03. The number of nitrogens with one attached hydrogen (secondary N) is 1. The van der Waals surface area contributed by atoms with Gasteiger partial charge in [0.05, 0.1) is 11.8 Å². The fraction of sp³-hybridized carbons (Fsp3) is 0.407. The lowest BCUT2D eigenvalue weighted by atomic mass is 9.48. The van der Waals surface area contributed by atoms with E-state index in [-0.39, 0.29) is 11.5 Å². The van der Waals surface area contributed by atoms with Crippen LogP contribution in [0.4, 0.5) is 5.69 Å². The normalized spacial score (nSPS) is 28.1. The van der Waals surface area contributed by atoms with Crippen molar-refractivity contribution in [3.05, 3.63) is 71.5 Å². The van der Waals surface area contributed by atoms with Crippen molar-refractivity contribution in [2.45, 2.75) is 50.9 Å². The first kappa shape index (κ1) is 20.8. The second-order valence-corrected chi connectivity index (χ2v) is 9.97.